The van der Waals surface area contributed by atoms with Crippen LogP contribution in [0.1, 0.15) is 354 Å². The van der Waals surface area contributed by atoms with Gasteiger partial charge < -0.3 is 89.9 Å². The molecular formula is C79H151NO18. The van der Waals surface area contributed by atoms with Gasteiger partial charge in [0.15, 0.2) is 18.9 Å². The van der Waals surface area contributed by atoms with Gasteiger partial charge in [-0.25, -0.2) is 0 Å². The predicted molar refractivity (Wildman–Crippen MR) is 388 cm³/mol. The first kappa shape index (κ1) is 90.7. The van der Waals surface area contributed by atoms with Gasteiger partial charge in [-0.15, -0.1) is 0 Å². The van der Waals surface area contributed by atoms with Crippen molar-refractivity contribution in [3.63, 3.8) is 0 Å². The Kier molecular flexibility index (Phi) is 56.3. The van der Waals surface area contributed by atoms with E-state index in [9.17, 15) is 61.0 Å². The lowest BCUT2D eigenvalue weighted by Gasteiger charge is -2.48. The van der Waals surface area contributed by atoms with Gasteiger partial charge in [-0.05, 0) is 19.3 Å². The molecular weight excluding hydrogens is 1250 g/mol. The molecule has 0 radical (unpaired) electrons. The fourth-order valence-electron chi connectivity index (χ4n) is 14.3. The Labute approximate surface area is 595 Å². The van der Waals surface area contributed by atoms with Crippen LogP contribution in [-0.2, 0) is 33.2 Å². The summed E-state index contributed by atoms with van der Waals surface area (Å²) in [4.78, 5) is 13.5. The molecule has 3 aliphatic heterocycles. The van der Waals surface area contributed by atoms with Crippen molar-refractivity contribution in [2.24, 2.45) is 0 Å². The highest BCUT2D eigenvalue weighted by Gasteiger charge is 2.54. The van der Waals surface area contributed by atoms with Gasteiger partial charge in [-0.1, -0.05) is 341 Å². The van der Waals surface area contributed by atoms with Crippen LogP contribution in [0.2, 0.25) is 0 Å². The molecule has 3 rings (SSSR count). The highest BCUT2D eigenvalue weighted by atomic mass is 16.8. The molecule has 3 heterocycles. The maximum atomic E-state index is 13.5. The summed E-state index contributed by atoms with van der Waals surface area (Å²) in [7, 11) is 0. The van der Waals surface area contributed by atoms with Crippen molar-refractivity contribution in [3.05, 3.63) is 12.2 Å². The Morgan fingerprint density at radius 1 is 0.357 bits per heavy atom. The van der Waals surface area contributed by atoms with Crippen molar-refractivity contribution >= 4 is 5.91 Å². The lowest BCUT2D eigenvalue weighted by Crippen LogP contribution is -2.66. The first-order chi connectivity index (χ1) is 47.8. The molecule has 12 N–H and O–H groups in total. The Morgan fingerprint density at radius 3 is 0.959 bits per heavy atom. The number of aliphatic hydroxyl groups excluding tert-OH is 11. The average Bonchev–Trinajstić information content (AvgIpc) is 0.785. The maximum Gasteiger partial charge on any atom is 0.220 e. The van der Waals surface area contributed by atoms with E-state index in [1.807, 2.05) is 6.08 Å². The quantitative estimate of drug-likeness (QED) is 0.0199. The van der Waals surface area contributed by atoms with Crippen LogP contribution >= 0.6 is 0 Å². The van der Waals surface area contributed by atoms with E-state index in [2.05, 4.69) is 19.2 Å². The second-order valence-electron chi connectivity index (χ2n) is 29.6. The van der Waals surface area contributed by atoms with Crippen LogP contribution in [0.5, 0.6) is 0 Å². The molecule has 580 valence electrons. The van der Waals surface area contributed by atoms with E-state index in [0.29, 0.717) is 6.42 Å². The van der Waals surface area contributed by atoms with Gasteiger partial charge in [0, 0.05) is 6.42 Å². The second kappa shape index (κ2) is 60.8. The van der Waals surface area contributed by atoms with E-state index < -0.39 is 124 Å². The summed E-state index contributed by atoms with van der Waals surface area (Å²) in [5.74, 6) is -0.266. The summed E-state index contributed by atoms with van der Waals surface area (Å²) in [6.45, 7) is 1.81. The topological polar surface area (TPSA) is 307 Å². The minimum Gasteiger partial charge on any atom is -0.394 e. The molecule has 0 spiro atoms. The zero-order valence-corrected chi connectivity index (χ0v) is 62.1. The van der Waals surface area contributed by atoms with Crippen LogP contribution in [0.25, 0.3) is 0 Å². The van der Waals surface area contributed by atoms with Gasteiger partial charge in [0.2, 0.25) is 5.91 Å². The largest absolute Gasteiger partial charge is 0.394 e. The number of hydrogen-bond donors (Lipinski definition) is 12. The number of ether oxygens (including phenoxy) is 6. The van der Waals surface area contributed by atoms with Crippen molar-refractivity contribution in [3.8, 4) is 0 Å². The summed E-state index contributed by atoms with van der Waals surface area (Å²) in [5.41, 5.74) is 0. The van der Waals surface area contributed by atoms with Crippen molar-refractivity contribution in [1.82, 2.24) is 5.32 Å². The van der Waals surface area contributed by atoms with Gasteiger partial charge in [0.25, 0.3) is 0 Å². The van der Waals surface area contributed by atoms with Crippen LogP contribution < -0.4 is 5.32 Å². The average molecular weight is 1400 g/mol. The normalized spacial score (nSPS) is 26.7. The van der Waals surface area contributed by atoms with Gasteiger partial charge in [0.05, 0.1) is 38.6 Å². The number of aliphatic hydroxyl groups is 11. The molecule has 1 amide bonds. The Bertz CT molecular complexity index is 1820. The molecule has 0 aliphatic carbocycles. The third-order valence-electron chi connectivity index (χ3n) is 20.8. The van der Waals surface area contributed by atoms with Crippen molar-refractivity contribution in [1.29, 1.82) is 0 Å². The fraction of sp³-hybridized carbons (Fsp3) is 0.962. The van der Waals surface area contributed by atoms with E-state index in [-0.39, 0.29) is 18.9 Å². The molecule has 3 saturated heterocycles. The highest BCUT2D eigenvalue weighted by molar-refractivity contribution is 5.76. The van der Waals surface area contributed by atoms with Gasteiger partial charge in [0.1, 0.15) is 73.2 Å². The second-order valence-corrected chi connectivity index (χ2v) is 29.6. The first-order valence-corrected chi connectivity index (χ1v) is 40.9. The zero-order valence-electron chi connectivity index (χ0n) is 62.1. The third-order valence-corrected chi connectivity index (χ3v) is 20.8. The van der Waals surface area contributed by atoms with E-state index in [0.717, 1.165) is 44.9 Å². The van der Waals surface area contributed by atoms with Crippen LogP contribution in [0.4, 0.5) is 0 Å². The standard InChI is InChI=1S/C79H151NO18/c1-3-5-7-9-11-13-15-17-19-21-23-25-27-29-31-33-35-37-39-41-43-45-47-49-51-53-55-57-67(85)80-62(63(84)56-54-52-50-48-46-44-42-40-38-36-34-32-30-28-26-24-22-20-18-16-14-12-10-8-6-4-2)61-93-77-73(91)70(88)75(65(59-82)95-77)98-79-74(92)71(89)76(66(60-83)96-79)97-78-72(90)69(87)68(86)64(58-81)94-78/h54,56,62-66,68-79,81-84,86-92H,3-53,55,57-61H2,1-2H3,(H,80,85)/b56-54+. The molecule has 98 heavy (non-hydrogen) atoms. The van der Waals surface area contributed by atoms with Gasteiger partial charge in [-0.2, -0.15) is 0 Å². The van der Waals surface area contributed by atoms with Crippen molar-refractivity contribution in [2.45, 2.75) is 458 Å². The minimum atomic E-state index is -1.98. The zero-order chi connectivity index (χ0) is 71.1. The minimum absolute atomic E-state index is 0.250. The molecule has 3 aliphatic rings. The number of allylic oxidation sites excluding steroid dienone is 1. The van der Waals surface area contributed by atoms with Crippen LogP contribution in [0.15, 0.2) is 12.2 Å². The van der Waals surface area contributed by atoms with E-state index >= 15 is 0 Å². The molecule has 17 unspecified atom stereocenters. The molecule has 0 bridgehead atoms. The summed E-state index contributed by atoms with van der Waals surface area (Å²) >= 11 is 0. The molecule has 19 heteroatoms. The van der Waals surface area contributed by atoms with Gasteiger partial charge in [-0.3, -0.25) is 4.79 Å². The lowest BCUT2D eigenvalue weighted by molar-refractivity contribution is -0.379. The number of carbonyl (C=O) groups is 1. The van der Waals surface area contributed by atoms with E-state index in [4.69, 9.17) is 28.4 Å². The SMILES string of the molecule is CCCCCCCCCCCCCCCCCCCCCCCCCC/C=C/C(O)C(COC1OC(CO)C(OC2OC(CO)C(OC3OC(CO)C(O)C(O)C3O)C(O)C2O)C(O)C1O)NC(=O)CCCCCCCCCCCCCCCCCCCCCCCCCCCCC. The number of carbonyl (C=O) groups excluding carboxylic acids is 1. The number of rotatable bonds is 66. The van der Waals surface area contributed by atoms with E-state index in [1.54, 1.807) is 6.08 Å². The fourth-order valence-corrected chi connectivity index (χ4v) is 14.3. The molecule has 0 aromatic heterocycles. The van der Waals surface area contributed by atoms with Crippen LogP contribution in [0.3, 0.4) is 0 Å². The number of hydrogen-bond acceptors (Lipinski definition) is 18. The maximum absolute atomic E-state index is 13.5. The Morgan fingerprint density at radius 2 is 0.633 bits per heavy atom. The summed E-state index contributed by atoms with van der Waals surface area (Å²) in [5, 5.41) is 121. The number of amides is 1. The molecule has 0 aromatic carbocycles. The molecule has 0 saturated carbocycles. The van der Waals surface area contributed by atoms with Crippen LogP contribution in [-0.4, -0.2) is 193 Å². The molecule has 0 aromatic rings. The van der Waals surface area contributed by atoms with E-state index in [1.165, 1.54) is 283 Å². The smallest absolute Gasteiger partial charge is 0.220 e. The Balaban J connectivity index is 1.37. The molecule has 3 fully saturated rings. The molecule has 17 atom stereocenters. The summed E-state index contributed by atoms with van der Waals surface area (Å²) in [6, 6.07) is -0.970. The van der Waals surface area contributed by atoms with Crippen LogP contribution in [0, 0.1) is 0 Å². The number of nitrogens with one attached hydrogen (secondary N) is 1. The van der Waals surface area contributed by atoms with Gasteiger partial charge >= 0.3 is 0 Å². The third kappa shape index (κ3) is 40.7. The predicted octanol–water partition coefficient (Wildman–Crippen LogP) is 13.6. The lowest BCUT2D eigenvalue weighted by atomic mass is 9.96. The van der Waals surface area contributed by atoms with Crippen molar-refractivity contribution < 1.29 is 89.4 Å². The summed E-state index contributed by atoms with van der Waals surface area (Å²) in [6.07, 6.45) is 44.9. The monoisotopic (exact) mass is 1400 g/mol. The molecule has 19 nitrogen and oxygen atoms in total. The first-order valence-electron chi connectivity index (χ1n) is 40.9. The summed E-state index contributed by atoms with van der Waals surface area (Å²) < 4.78 is 34.5. The number of unbranched alkanes of at least 4 members (excludes halogenated alkanes) is 50. The Hall–Kier alpha value is -1.47. The van der Waals surface area contributed by atoms with Crippen molar-refractivity contribution in [2.75, 3.05) is 26.4 Å². The highest BCUT2D eigenvalue weighted by Crippen LogP contribution is 2.33.